The lowest BCUT2D eigenvalue weighted by Gasteiger charge is -2.18. The van der Waals surface area contributed by atoms with Crippen LogP contribution in [-0.2, 0) is 0 Å². The fourth-order valence-corrected chi connectivity index (χ4v) is 1.36. The van der Waals surface area contributed by atoms with Gasteiger partial charge in [0.15, 0.2) is 0 Å². The van der Waals surface area contributed by atoms with E-state index < -0.39 is 0 Å². The predicted molar refractivity (Wildman–Crippen MR) is 49.0 cm³/mol. The maximum absolute atomic E-state index is 3.97. The molecule has 0 atom stereocenters. The van der Waals surface area contributed by atoms with E-state index in [1.807, 2.05) is 19.1 Å². The van der Waals surface area contributed by atoms with E-state index in [1.54, 1.807) is 0 Å². The largest absolute Gasteiger partial charge is 0.346 e. The lowest BCUT2D eigenvalue weighted by Crippen LogP contribution is -2.13. The molecule has 0 amide bonds. The van der Waals surface area contributed by atoms with E-state index in [1.165, 1.54) is 12.1 Å². The molecule has 0 aromatic carbocycles. The molecule has 1 nitrogen and oxygen atoms in total. The Labute approximate surface area is 68.7 Å². The monoisotopic (exact) mass is 149 g/mol. The minimum absolute atomic E-state index is 1.06. The fourth-order valence-electron chi connectivity index (χ4n) is 1.36. The first kappa shape index (κ1) is 8.12. The summed E-state index contributed by atoms with van der Waals surface area (Å²) in [6, 6.07) is 0. The highest BCUT2D eigenvalue weighted by molar-refractivity contribution is 5.20. The van der Waals surface area contributed by atoms with Crippen LogP contribution in [0.15, 0.2) is 36.7 Å². The second-order valence-electron chi connectivity index (χ2n) is 2.81. The molecule has 0 radical (unpaired) electrons. The van der Waals surface area contributed by atoms with E-state index in [9.17, 15) is 0 Å². The average molecular weight is 149 g/mol. The highest BCUT2D eigenvalue weighted by atomic mass is 15.2. The maximum Gasteiger partial charge on any atom is 0.0331 e. The van der Waals surface area contributed by atoms with E-state index in [4.69, 9.17) is 0 Å². The smallest absolute Gasteiger partial charge is 0.0331 e. The van der Waals surface area contributed by atoms with Crippen molar-refractivity contribution in [2.75, 3.05) is 6.54 Å². The van der Waals surface area contributed by atoms with E-state index in [0.29, 0.717) is 0 Å². The molecular formula is C10H15N. The summed E-state index contributed by atoms with van der Waals surface area (Å²) in [6.45, 7) is 11.0. The number of nitrogens with zero attached hydrogens (tertiary/aromatic N) is 1. The quantitative estimate of drug-likeness (QED) is 0.546. The standard InChI is InChI=1S/C10H15N/c1-4-6-9(2)11-8-5-7-10(11)3/h4,6H,2-3,5,7-8H2,1H3/b6-4-. The molecule has 0 aromatic heterocycles. The number of hydrogen-bond acceptors (Lipinski definition) is 1. The third-order valence-corrected chi connectivity index (χ3v) is 1.93. The first-order chi connectivity index (χ1) is 5.25. The summed E-state index contributed by atoms with van der Waals surface area (Å²) in [5, 5.41) is 0. The van der Waals surface area contributed by atoms with Gasteiger partial charge in [-0.1, -0.05) is 19.2 Å². The van der Waals surface area contributed by atoms with Crippen LogP contribution in [0.1, 0.15) is 19.8 Å². The Hall–Kier alpha value is -0.980. The Morgan fingerprint density at radius 2 is 2.36 bits per heavy atom. The van der Waals surface area contributed by atoms with Crippen LogP contribution in [0.2, 0.25) is 0 Å². The molecule has 0 unspecified atom stereocenters. The van der Waals surface area contributed by atoms with Gasteiger partial charge in [-0.2, -0.15) is 0 Å². The predicted octanol–water partition coefficient (Wildman–Crippen LogP) is 2.69. The topological polar surface area (TPSA) is 3.24 Å². The van der Waals surface area contributed by atoms with Crippen LogP contribution < -0.4 is 0 Å². The van der Waals surface area contributed by atoms with Crippen LogP contribution in [0.3, 0.4) is 0 Å². The zero-order chi connectivity index (χ0) is 8.27. The highest BCUT2D eigenvalue weighted by Gasteiger charge is 2.15. The molecule has 11 heavy (non-hydrogen) atoms. The van der Waals surface area contributed by atoms with Gasteiger partial charge in [0.1, 0.15) is 0 Å². The van der Waals surface area contributed by atoms with Crippen molar-refractivity contribution in [3.63, 3.8) is 0 Å². The first-order valence-corrected chi connectivity index (χ1v) is 4.02. The number of likely N-dealkylation sites (tertiary alicyclic amines) is 1. The van der Waals surface area contributed by atoms with Crippen LogP contribution in [0.5, 0.6) is 0 Å². The van der Waals surface area contributed by atoms with E-state index in [2.05, 4.69) is 18.1 Å². The maximum atomic E-state index is 3.97. The molecule has 0 N–H and O–H groups in total. The van der Waals surface area contributed by atoms with Gasteiger partial charge in [0.05, 0.1) is 0 Å². The van der Waals surface area contributed by atoms with E-state index in [0.717, 1.165) is 18.7 Å². The molecule has 1 aliphatic heterocycles. The average Bonchev–Trinajstić information content (AvgIpc) is 2.36. The highest BCUT2D eigenvalue weighted by Crippen LogP contribution is 2.23. The molecule has 0 aromatic rings. The first-order valence-electron chi connectivity index (χ1n) is 4.02. The minimum Gasteiger partial charge on any atom is -0.346 e. The lowest BCUT2D eigenvalue weighted by atomic mass is 10.3. The Morgan fingerprint density at radius 1 is 1.64 bits per heavy atom. The molecule has 1 saturated heterocycles. The molecule has 60 valence electrons. The number of allylic oxidation sites excluding steroid dienone is 3. The summed E-state index contributed by atoms with van der Waals surface area (Å²) < 4.78 is 0. The second kappa shape index (κ2) is 3.42. The molecule has 1 aliphatic rings. The Morgan fingerprint density at radius 3 is 2.82 bits per heavy atom. The van der Waals surface area contributed by atoms with Crippen molar-refractivity contribution in [1.29, 1.82) is 0 Å². The molecule has 0 saturated carbocycles. The van der Waals surface area contributed by atoms with Gasteiger partial charge in [-0.25, -0.2) is 0 Å². The number of rotatable bonds is 2. The molecule has 0 bridgehead atoms. The molecule has 1 fully saturated rings. The summed E-state index contributed by atoms with van der Waals surface area (Å²) >= 11 is 0. The summed E-state index contributed by atoms with van der Waals surface area (Å²) in [7, 11) is 0. The zero-order valence-corrected chi connectivity index (χ0v) is 7.14. The third-order valence-electron chi connectivity index (χ3n) is 1.93. The Bertz CT molecular complexity index is 201. The molecule has 1 heterocycles. The summed E-state index contributed by atoms with van der Waals surface area (Å²) in [4.78, 5) is 2.18. The van der Waals surface area contributed by atoms with Gasteiger partial charge >= 0.3 is 0 Å². The lowest BCUT2D eigenvalue weighted by molar-refractivity contribution is 0.508. The van der Waals surface area contributed by atoms with Crippen molar-refractivity contribution >= 4 is 0 Å². The minimum atomic E-state index is 1.06. The van der Waals surface area contributed by atoms with Crippen LogP contribution in [0, 0.1) is 0 Å². The fraction of sp³-hybridized carbons (Fsp3) is 0.400. The molecular weight excluding hydrogens is 134 g/mol. The number of hydrogen-bond donors (Lipinski definition) is 0. The third kappa shape index (κ3) is 1.73. The molecule has 0 spiro atoms. The van der Waals surface area contributed by atoms with Crippen LogP contribution in [0.4, 0.5) is 0 Å². The molecule has 1 heteroatoms. The second-order valence-corrected chi connectivity index (χ2v) is 2.81. The summed E-state index contributed by atoms with van der Waals surface area (Å²) in [6.07, 6.45) is 6.37. The molecule has 1 rings (SSSR count). The van der Waals surface area contributed by atoms with Crippen LogP contribution in [0.25, 0.3) is 0 Å². The normalized spacial score (nSPS) is 18.3. The molecule has 0 aliphatic carbocycles. The van der Waals surface area contributed by atoms with Crippen molar-refractivity contribution < 1.29 is 0 Å². The van der Waals surface area contributed by atoms with Gasteiger partial charge in [0.2, 0.25) is 0 Å². The van der Waals surface area contributed by atoms with Crippen molar-refractivity contribution in [3.05, 3.63) is 36.7 Å². The van der Waals surface area contributed by atoms with Gasteiger partial charge in [0, 0.05) is 17.9 Å². The Kier molecular flexibility index (Phi) is 2.53. The summed E-state index contributed by atoms with van der Waals surface area (Å²) in [5.74, 6) is 0. The van der Waals surface area contributed by atoms with Crippen molar-refractivity contribution in [2.45, 2.75) is 19.8 Å². The van der Waals surface area contributed by atoms with Crippen molar-refractivity contribution in [3.8, 4) is 0 Å². The van der Waals surface area contributed by atoms with Gasteiger partial charge in [-0.3, -0.25) is 0 Å². The van der Waals surface area contributed by atoms with Crippen molar-refractivity contribution in [2.24, 2.45) is 0 Å². The SMILES string of the molecule is C=C(/C=C\C)N1CCCC1=C. The Balaban J connectivity index is 2.59. The van der Waals surface area contributed by atoms with Gasteiger partial charge < -0.3 is 4.90 Å². The van der Waals surface area contributed by atoms with Crippen molar-refractivity contribution in [1.82, 2.24) is 4.90 Å². The summed E-state index contributed by atoms with van der Waals surface area (Å²) in [5.41, 5.74) is 2.27. The van der Waals surface area contributed by atoms with Crippen LogP contribution >= 0.6 is 0 Å². The van der Waals surface area contributed by atoms with Crippen LogP contribution in [-0.4, -0.2) is 11.4 Å². The van der Waals surface area contributed by atoms with Gasteiger partial charge in [-0.15, -0.1) is 0 Å². The zero-order valence-electron chi connectivity index (χ0n) is 7.14. The van der Waals surface area contributed by atoms with Gasteiger partial charge in [-0.05, 0) is 25.8 Å². The van der Waals surface area contributed by atoms with E-state index in [-0.39, 0.29) is 0 Å². The van der Waals surface area contributed by atoms with E-state index >= 15 is 0 Å². The van der Waals surface area contributed by atoms with Gasteiger partial charge in [0.25, 0.3) is 0 Å².